The number of sulfone groups is 1. The Kier molecular flexibility index (Phi) is 5.69. The normalized spacial score (nSPS) is 11.3. The van der Waals surface area contributed by atoms with E-state index in [9.17, 15) is 17.6 Å². The number of carbonyl (C=O) groups excluding carboxylic acids is 1. The summed E-state index contributed by atoms with van der Waals surface area (Å²) in [5.41, 5.74) is 1.86. The Hall–Kier alpha value is -3.20. The van der Waals surface area contributed by atoms with E-state index in [2.05, 4.69) is 5.10 Å². The van der Waals surface area contributed by atoms with Gasteiger partial charge in [-0.05, 0) is 36.8 Å². The molecule has 0 N–H and O–H groups in total. The lowest BCUT2D eigenvalue weighted by molar-refractivity contribution is -0.121. The molecule has 3 rings (SSSR count). The van der Waals surface area contributed by atoms with Gasteiger partial charge < -0.3 is 9.47 Å². The van der Waals surface area contributed by atoms with Crippen LogP contribution in [0.4, 0.5) is 4.39 Å². The third-order valence-corrected chi connectivity index (χ3v) is 5.49. The molecule has 0 saturated heterocycles. The van der Waals surface area contributed by atoms with E-state index in [1.807, 2.05) is 6.92 Å². The van der Waals surface area contributed by atoms with Crippen LogP contribution in [0.3, 0.4) is 0 Å². The fourth-order valence-electron chi connectivity index (χ4n) is 2.97. The van der Waals surface area contributed by atoms with Crippen molar-refractivity contribution in [3.05, 3.63) is 48.3 Å². The van der Waals surface area contributed by atoms with Crippen LogP contribution in [0, 0.1) is 5.82 Å². The molecule has 0 bridgehead atoms. The number of methoxy groups -OCH3 is 1. The summed E-state index contributed by atoms with van der Waals surface area (Å²) in [5.74, 6) is -0.340. The van der Waals surface area contributed by atoms with Crippen LogP contribution in [0.1, 0.15) is 6.92 Å². The number of nitrogens with zero attached hydrogens (tertiary/aromatic N) is 2. The van der Waals surface area contributed by atoms with Crippen molar-refractivity contribution in [2.75, 3.05) is 13.4 Å². The molecular weight excluding hydrogens is 399 g/mol. The van der Waals surface area contributed by atoms with Gasteiger partial charge in [0.2, 0.25) is 5.88 Å². The minimum atomic E-state index is -3.35. The van der Waals surface area contributed by atoms with Crippen LogP contribution in [0.15, 0.2) is 47.4 Å². The van der Waals surface area contributed by atoms with Gasteiger partial charge in [0, 0.05) is 18.4 Å². The molecule has 0 aliphatic heterocycles. The number of halogens is 1. The summed E-state index contributed by atoms with van der Waals surface area (Å²) in [6.07, 6.45) is 1.12. The largest absolute Gasteiger partial charge is 0.494 e. The fourth-order valence-corrected chi connectivity index (χ4v) is 3.60. The number of carbonyl (C=O) groups is 1. The molecule has 0 spiro atoms. The van der Waals surface area contributed by atoms with Crippen molar-refractivity contribution in [1.82, 2.24) is 9.78 Å². The van der Waals surface area contributed by atoms with E-state index < -0.39 is 15.7 Å². The predicted molar refractivity (Wildman–Crippen MR) is 105 cm³/mol. The van der Waals surface area contributed by atoms with E-state index >= 15 is 0 Å². The summed E-state index contributed by atoms with van der Waals surface area (Å²) in [7, 11) is -1.99. The van der Waals surface area contributed by atoms with Crippen LogP contribution in [0.5, 0.6) is 11.6 Å². The quantitative estimate of drug-likeness (QED) is 0.547. The second-order valence-corrected chi connectivity index (χ2v) is 8.22. The Morgan fingerprint density at radius 2 is 1.79 bits per heavy atom. The summed E-state index contributed by atoms with van der Waals surface area (Å²) in [4.78, 5) is 11.2. The van der Waals surface area contributed by atoms with E-state index in [4.69, 9.17) is 9.47 Å². The average Bonchev–Trinajstić information content (AvgIpc) is 3.06. The third-order valence-electron chi connectivity index (χ3n) is 4.36. The van der Waals surface area contributed by atoms with Gasteiger partial charge in [0.25, 0.3) is 6.47 Å². The molecule has 0 unspecified atom stereocenters. The molecule has 0 saturated carbocycles. The highest BCUT2D eigenvalue weighted by Crippen LogP contribution is 2.40. The van der Waals surface area contributed by atoms with Crippen molar-refractivity contribution in [2.24, 2.45) is 0 Å². The Labute approximate surface area is 167 Å². The SMILES string of the molecule is CCn1nc(-c2ccc(S(C)(=O)=O)cc2)c(-c2ccc(OC)c(F)c2)c1OC=O. The summed E-state index contributed by atoms with van der Waals surface area (Å²) >= 11 is 0. The highest BCUT2D eigenvalue weighted by molar-refractivity contribution is 7.90. The van der Waals surface area contributed by atoms with Crippen molar-refractivity contribution in [2.45, 2.75) is 18.4 Å². The molecule has 152 valence electrons. The first-order valence-electron chi connectivity index (χ1n) is 8.65. The van der Waals surface area contributed by atoms with Crippen LogP contribution < -0.4 is 9.47 Å². The van der Waals surface area contributed by atoms with Crippen molar-refractivity contribution in [1.29, 1.82) is 0 Å². The topological polar surface area (TPSA) is 87.5 Å². The molecule has 7 nitrogen and oxygen atoms in total. The monoisotopic (exact) mass is 418 g/mol. The molecule has 1 heterocycles. The minimum absolute atomic E-state index is 0.0774. The number of benzene rings is 2. The summed E-state index contributed by atoms with van der Waals surface area (Å²) < 4.78 is 49.4. The van der Waals surface area contributed by atoms with Gasteiger partial charge in [-0.15, -0.1) is 0 Å². The smallest absolute Gasteiger partial charge is 0.299 e. The molecule has 0 atom stereocenters. The molecule has 2 aromatic carbocycles. The molecule has 3 aromatic rings. The van der Waals surface area contributed by atoms with Gasteiger partial charge in [0.05, 0.1) is 17.6 Å². The minimum Gasteiger partial charge on any atom is -0.494 e. The van der Waals surface area contributed by atoms with Crippen LogP contribution in [-0.2, 0) is 21.2 Å². The number of rotatable bonds is 7. The fraction of sp³-hybridized carbons (Fsp3) is 0.200. The Bertz CT molecular complexity index is 1150. The zero-order valence-corrected chi connectivity index (χ0v) is 16.9. The zero-order chi connectivity index (χ0) is 21.2. The van der Waals surface area contributed by atoms with Gasteiger partial charge in [-0.3, -0.25) is 4.79 Å². The molecule has 0 aliphatic carbocycles. The molecule has 1 aromatic heterocycles. The zero-order valence-electron chi connectivity index (χ0n) is 16.0. The van der Waals surface area contributed by atoms with E-state index in [1.54, 1.807) is 18.2 Å². The lowest BCUT2D eigenvalue weighted by Crippen LogP contribution is -2.02. The van der Waals surface area contributed by atoms with Gasteiger partial charge >= 0.3 is 0 Å². The van der Waals surface area contributed by atoms with Crippen LogP contribution >= 0.6 is 0 Å². The molecule has 0 fully saturated rings. The first-order valence-corrected chi connectivity index (χ1v) is 10.5. The van der Waals surface area contributed by atoms with Crippen molar-refractivity contribution < 1.29 is 27.1 Å². The maximum absolute atomic E-state index is 14.3. The summed E-state index contributed by atoms with van der Waals surface area (Å²) in [6.45, 7) is 2.50. The Balaban J connectivity index is 2.24. The Morgan fingerprint density at radius 3 is 2.31 bits per heavy atom. The first kappa shape index (κ1) is 20.5. The van der Waals surface area contributed by atoms with Crippen LogP contribution in [-0.4, -0.2) is 38.0 Å². The van der Waals surface area contributed by atoms with E-state index in [1.165, 1.54) is 36.1 Å². The average molecular weight is 418 g/mol. The second-order valence-electron chi connectivity index (χ2n) is 6.20. The van der Waals surface area contributed by atoms with Gasteiger partial charge in [-0.1, -0.05) is 18.2 Å². The highest BCUT2D eigenvalue weighted by atomic mass is 32.2. The first-order chi connectivity index (χ1) is 13.8. The van der Waals surface area contributed by atoms with Gasteiger partial charge in [0.15, 0.2) is 21.4 Å². The van der Waals surface area contributed by atoms with Crippen LogP contribution in [0.2, 0.25) is 0 Å². The molecule has 0 aliphatic rings. The van der Waals surface area contributed by atoms with Crippen molar-refractivity contribution in [3.63, 3.8) is 0 Å². The third kappa shape index (κ3) is 4.00. The number of ether oxygens (including phenoxy) is 2. The molecule has 9 heteroatoms. The van der Waals surface area contributed by atoms with Gasteiger partial charge in [-0.2, -0.15) is 5.10 Å². The molecular formula is C20H19FN2O5S. The second kappa shape index (κ2) is 8.04. The number of aromatic nitrogens is 2. The van der Waals surface area contributed by atoms with Crippen molar-refractivity contribution in [3.8, 4) is 34.0 Å². The number of aryl methyl sites for hydroxylation is 1. The van der Waals surface area contributed by atoms with E-state index in [0.717, 1.165) is 6.26 Å². The van der Waals surface area contributed by atoms with E-state index in [-0.39, 0.29) is 23.0 Å². The molecule has 0 radical (unpaired) electrons. The number of hydrogen-bond donors (Lipinski definition) is 0. The summed E-state index contributed by atoms with van der Waals surface area (Å²) in [5, 5.41) is 4.49. The maximum atomic E-state index is 14.3. The van der Waals surface area contributed by atoms with E-state index in [0.29, 0.717) is 28.9 Å². The standard InChI is InChI=1S/C20H19FN2O5S/c1-4-23-20(28-12-24)18(14-7-10-17(27-2)16(21)11-14)19(22-23)13-5-8-15(9-6-13)29(3,25)26/h5-12H,4H2,1-3H3. The van der Waals surface area contributed by atoms with Crippen LogP contribution in [0.25, 0.3) is 22.4 Å². The Morgan fingerprint density at radius 1 is 1.14 bits per heavy atom. The van der Waals surface area contributed by atoms with Crippen molar-refractivity contribution >= 4 is 16.3 Å². The van der Waals surface area contributed by atoms with Gasteiger partial charge in [-0.25, -0.2) is 17.5 Å². The predicted octanol–water partition coefficient (Wildman–Crippen LogP) is 3.32. The van der Waals surface area contributed by atoms with Gasteiger partial charge in [0.1, 0.15) is 5.69 Å². The highest BCUT2D eigenvalue weighted by Gasteiger charge is 2.23. The molecule has 0 amide bonds. The number of hydrogen-bond acceptors (Lipinski definition) is 6. The lowest BCUT2D eigenvalue weighted by atomic mass is 10.0. The summed E-state index contributed by atoms with van der Waals surface area (Å²) in [6, 6.07) is 10.5. The lowest BCUT2D eigenvalue weighted by Gasteiger charge is -2.08. The maximum Gasteiger partial charge on any atom is 0.299 e. The molecule has 29 heavy (non-hydrogen) atoms.